The van der Waals surface area contributed by atoms with Gasteiger partial charge in [0, 0.05) is 10.4 Å². The normalized spacial score (nSPS) is 11.7. The highest BCUT2D eigenvalue weighted by molar-refractivity contribution is 7.85. The van der Waals surface area contributed by atoms with Crippen LogP contribution in [0.2, 0.25) is 10.0 Å². The Hall–Kier alpha value is -3.70. The zero-order chi connectivity index (χ0) is 27.6. The highest BCUT2D eigenvalue weighted by atomic mass is 35.5. The van der Waals surface area contributed by atoms with E-state index in [2.05, 4.69) is 15.5 Å². The van der Waals surface area contributed by atoms with E-state index < -0.39 is 26.7 Å². The second-order valence-corrected chi connectivity index (χ2v) is 10.3. The molecule has 0 atom stereocenters. The van der Waals surface area contributed by atoms with Crippen molar-refractivity contribution in [2.45, 2.75) is 18.2 Å². The maximum atomic E-state index is 13.2. The Morgan fingerprint density at radius 3 is 2.45 bits per heavy atom. The molecule has 0 aromatic heterocycles. The number of carbonyl (C=O) groups is 1. The van der Waals surface area contributed by atoms with Gasteiger partial charge in [0.05, 0.1) is 34.0 Å². The molecule has 1 amide bonds. The third-order valence-corrected chi connectivity index (χ3v) is 7.18. The number of nitrogens with zero attached hydrogens (tertiary/aromatic N) is 2. The molecular weight excluding hydrogens is 553 g/mol. The van der Waals surface area contributed by atoms with Gasteiger partial charge in [-0.15, -0.1) is 5.11 Å². The van der Waals surface area contributed by atoms with Crippen LogP contribution in [0, 0.1) is 0 Å². The highest BCUT2D eigenvalue weighted by Gasteiger charge is 2.21. The minimum atomic E-state index is -4.56. The van der Waals surface area contributed by atoms with Crippen LogP contribution in [0.3, 0.4) is 0 Å². The van der Waals surface area contributed by atoms with Gasteiger partial charge in [0.15, 0.2) is 11.5 Å². The number of methoxy groups -OCH3 is 1. The minimum Gasteiger partial charge on any atom is -0.505 e. The molecule has 0 bridgehead atoms. The number of azo groups is 1. The van der Waals surface area contributed by atoms with Crippen LogP contribution in [0.25, 0.3) is 10.8 Å². The van der Waals surface area contributed by atoms with Gasteiger partial charge < -0.3 is 15.2 Å². The number of phenolic OH excluding ortho intramolecular Hbond substituents is 1. The number of hydrogen-bond donors (Lipinski definition) is 3. The monoisotopic (exact) mass is 573 g/mol. The zero-order valence-electron chi connectivity index (χ0n) is 20.1. The van der Waals surface area contributed by atoms with Crippen molar-refractivity contribution in [2.24, 2.45) is 10.2 Å². The zero-order valence-corrected chi connectivity index (χ0v) is 22.4. The average molecular weight is 574 g/mol. The lowest BCUT2D eigenvalue weighted by atomic mass is 10.0. The van der Waals surface area contributed by atoms with Gasteiger partial charge >= 0.3 is 0 Å². The van der Waals surface area contributed by atoms with Gasteiger partial charge in [0.2, 0.25) is 0 Å². The van der Waals surface area contributed by atoms with Crippen LogP contribution in [-0.2, 0) is 16.5 Å². The van der Waals surface area contributed by atoms with Crippen LogP contribution < -0.4 is 10.1 Å². The lowest BCUT2D eigenvalue weighted by Crippen LogP contribution is -2.13. The van der Waals surface area contributed by atoms with Crippen molar-refractivity contribution in [1.29, 1.82) is 0 Å². The fourth-order valence-electron chi connectivity index (χ4n) is 3.89. The molecule has 38 heavy (non-hydrogen) atoms. The van der Waals surface area contributed by atoms with E-state index in [1.807, 2.05) is 0 Å². The number of carbonyl (C=O) groups excluding carboxylic acids is 1. The lowest BCUT2D eigenvalue weighted by Gasteiger charge is -2.14. The molecule has 0 saturated heterocycles. The summed E-state index contributed by atoms with van der Waals surface area (Å²) in [6, 6.07) is 15.5. The highest BCUT2D eigenvalue weighted by Crippen LogP contribution is 2.41. The molecule has 4 rings (SSSR count). The summed E-state index contributed by atoms with van der Waals surface area (Å²) >= 11 is 12.4. The van der Waals surface area contributed by atoms with Crippen LogP contribution in [0.5, 0.6) is 11.5 Å². The molecule has 0 aliphatic carbocycles. The molecule has 3 N–H and O–H groups in total. The number of amides is 1. The molecule has 0 aliphatic rings. The molecule has 0 fully saturated rings. The summed E-state index contributed by atoms with van der Waals surface area (Å²) < 4.78 is 38.2. The standard InChI is InChI=1S/C26H21Cl2N3O6S/c1-3-16-20(28)12-15(38(34,35)36)13-22(16)30-31-23-17-8-5-4-7-14(17)11-18(24(23)32)26(33)29-21-10-6-9-19(27)25(21)37-2/h4-13,32H,3H2,1-2H3,(H,29,33)(H,34,35,36). The topological polar surface area (TPSA) is 138 Å². The minimum absolute atomic E-state index is 0.0262. The van der Waals surface area contributed by atoms with Crippen molar-refractivity contribution in [3.63, 3.8) is 0 Å². The first-order valence-electron chi connectivity index (χ1n) is 11.1. The number of para-hydroxylation sites is 1. The fraction of sp³-hybridized carbons (Fsp3) is 0.115. The summed E-state index contributed by atoms with van der Waals surface area (Å²) in [7, 11) is -3.15. The number of rotatable bonds is 7. The van der Waals surface area contributed by atoms with Crippen molar-refractivity contribution in [1.82, 2.24) is 0 Å². The molecule has 0 heterocycles. The van der Waals surface area contributed by atoms with Crippen molar-refractivity contribution < 1.29 is 27.6 Å². The predicted octanol–water partition coefficient (Wildman–Crippen LogP) is 7.34. The maximum absolute atomic E-state index is 13.2. The van der Waals surface area contributed by atoms with E-state index in [4.69, 9.17) is 27.9 Å². The quantitative estimate of drug-likeness (QED) is 0.156. The first kappa shape index (κ1) is 27.3. The Labute approximate surface area is 228 Å². The number of fused-ring (bicyclic) bond motifs is 1. The average Bonchev–Trinajstić information content (AvgIpc) is 2.87. The van der Waals surface area contributed by atoms with Crippen LogP contribution in [-0.4, -0.2) is 31.1 Å². The van der Waals surface area contributed by atoms with Gasteiger partial charge in [-0.25, -0.2) is 0 Å². The van der Waals surface area contributed by atoms with Gasteiger partial charge in [0.1, 0.15) is 5.69 Å². The number of halogens is 2. The SMILES string of the molecule is CCc1c(Cl)cc(S(=O)(=O)O)cc1N=Nc1c(O)c(C(=O)Nc2cccc(Cl)c2OC)cc2ccccc12. The molecular formula is C26H21Cl2N3O6S. The summed E-state index contributed by atoms with van der Waals surface area (Å²) in [6.45, 7) is 1.79. The van der Waals surface area contributed by atoms with E-state index >= 15 is 0 Å². The second-order valence-electron chi connectivity index (χ2n) is 8.05. The van der Waals surface area contributed by atoms with Gasteiger partial charge in [-0.3, -0.25) is 9.35 Å². The molecule has 4 aromatic carbocycles. The van der Waals surface area contributed by atoms with E-state index in [0.717, 1.165) is 12.1 Å². The maximum Gasteiger partial charge on any atom is 0.294 e. The lowest BCUT2D eigenvalue weighted by molar-refractivity contribution is 0.102. The fourth-order valence-corrected chi connectivity index (χ4v) is 5.08. The largest absolute Gasteiger partial charge is 0.505 e. The number of anilines is 1. The van der Waals surface area contributed by atoms with E-state index in [1.165, 1.54) is 13.2 Å². The van der Waals surface area contributed by atoms with Crippen LogP contribution in [0.15, 0.2) is 75.8 Å². The molecule has 12 heteroatoms. The Kier molecular flexibility index (Phi) is 7.89. The predicted molar refractivity (Wildman–Crippen MR) is 146 cm³/mol. The summed E-state index contributed by atoms with van der Waals surface area (Å²) in [5.74, 6) is -0.859. The molecule has 0 aliphatic heterocycles. The van der Waals surface area contributed by atoms with E-state index in [1.54, 1.807) is 49.4 Å². The Morgan fingerprint density at radius 2 is 1.76 bits per heavy atom. The Morgan fingerprint density at radius 1 is 1.03 bits per heavy atom. The summed E-state index contributed by atoms with van der Waals surface area (Å²) in [5.41, 5.74) is 0.732. The third kappa shape index (κ3) is 5.44. The third-order valence-electron chi connectivity index (χ3n) is 5.71. The molecule has 0 radical (unpaired) electrons. The molecule has 0 unspecified atom stereocenters. The molecule has 0 spiro atoms. The number of aromatic hydroxyl groups is 1. The molecule has 0 saturated carbocycles. The van der Waals surface area contributed by atoms with Crippen molar-refractivity contribution >= 4 is 67.1 Å². The van der Waals surface area contributed by atoms with Crippen molar-refractivity contribution in [3.8, 4) is 11.5 Å². The number of benzene rings is 4. The van der Waals surface area contributed by atoms with Gasteiger partial charge in [-0.1, -0.05) is 60.5 Å². The first-order valence-corrected chi connectivity index (χ1v) is 13.3. The van der Waals surface area contributed by atoms with E-state index in [-0.39, 0.29) is 27.7 Å². The summed E-state index contributed by atoms with van der Waals surface area (Å²) in [5, 5.41) is 23.6. The first-order chi connectivity index (χ1) is 18.0. The molecule has 4 aromatic rings. The number of phenols is 1. The van der Waals surface area contributed by atoms with Crippen LogP contribution in [0.4, 0.5) is 17.1 Å². The van der Waals surface area contributed by atoms with E-state index in [0.29, 0.717) is 33.5 Å². The van der Waals surface area contributed by atoms with Gasteiger partial charge in [-0.05, 0) is 47.7 Å². The van der Waals surface area contributed by atoms with E-state index in [9.17, 15) is 22.9 Å². The molecule has 9 nitrogen and oxygen atoms in total. The van der Waals surface area contributed by atoms with Crippen molar-refractivity contribution in [2.75, 3.05) is 12.4 Å². The summed E-state index contributed by atoms with van der Waals surface area (Å²) in [4.78, 5) is 12.8. The van der Waals surface area contributed by atoms with Crippen molar-refractivity contribution in [3.05, 3.63) is 81.8 Å². The van der Waals surface area contributed by atoms with Gasteiger partial charge in [-0.2, -0.15) is 13.5 Å². The number of nitrogens with one attached hydrogen (secondary N) is 1. The van der Waals surface area contributed by atoms with Crippen LogP contribution in [0.1, 0.15) is 22.8 Å². The van der Waals surface area contributed by atoms with Gasteiger partial charge in [0.25, 0.3) is 16.0 Å². The molecule has 196 valence electrons. The number of hydrogen-bond acceptors (Lipinski definition) is 7. The summed E-state index contributed by atoms with van der Waals surface area (Å²) in [6.07, 6.45) is 0.385. The Balaban J connectivity index is 1.85. The smallest absolute Gasteiger partial charge is 0.294 e. The number of ether oxygens (including phenoxy) is 1. The Bertz CT molecular complexity index is 1710. The van der Waals surface area contributed by atoms with Crippen LogP contribution >= 0.6 is 23.2 Å². The second kappa shape index (κ2) is 11.0.